The summed E-state index contributed by atoms with van der Waals surface area (Å²) in [6.45, 7) is 3.74. The molecule has 1 heterocycles. The molecule has 0 fully saturated rings. The number of aromatic nitrogens is 1. The molecule has 2 nitrogen and oxygen atoms in total. The van der Waals surface area contributed by atoms with Crippen LogP contribution in [0.1, 0.15) is 5.56 Å². The molecular weight excluding hydrogens is 222 g/mol. The summed E-state index contributed by atoms with van der Waals surface area (Å²) in [5.41, 5.74) is 1.96. The summed E-state index contributed by atoms with van der Waals surface area (Å²) in [6, 6.07) is 5.77. The molecule has 0 N–H and O–H groups in total. The first-order valence-electron chi connectivity index (χ1n) is 4.98. The van der Waals surface area contributed by atoms with E-state index in [0.717, 1.165) is 28.6 Å². The van der Waals surface area contributed by atoms with Crippen molar-refractivity contribution in [3.8, 4) is 5.75 Å². The second-order valence-corrected chi connectivity index (χ2v) is 3.87. The molecule has 0 bridgehead atoms. The first kappa shape index (κ1) is 11.0. The Hall–Kier alpha value is -1.54. The zero-order valence-electron chi connectivity index (χ0n) is 9.03. The summed E-state index contributed by atoms with van der Waals surface area (Å²) < 4.78 is 5.20. The number of fused-ring (bicyclic) bond motifs is 1. The van der Waals surface area contributed by atoms with Gasteiger partial charge >= 0.3 is 0 Å². The third-order valence-electron chi connectivity index (χ3n) is 2.48. The van der Waals surface area contributed by atoms with E-state index in [-0.39, 0.29) is 0 Å². The Kier molecular flexibility index (Phi) is 3.11. The quantitative estimate of drug-likeness (QED) is 0.756. The summed E-state index contributed by atoms with van der Waals surface area (Å²) in [5.74, 6) is 0.807. The molecule has 0 aliphatic rings. The van der Waals surface area contributed by atoms with Crippen LogP contribution in [0, 0.1) is 0 Å². The lowest BCUT2D eigenvalue weighted by molar-refractivity contribution is 0.415. The van der Waals surface area contributed by atoms with Gasteiger partial charge in [-0.1, -0.05) is 17.7 Å². The minimum atomic E-state index is 0.667. The van der Waals surface area contributed by atoms with Crippen molar-refractivity contribution in [1.29, 1.82) is 0 Å². The van der Waals surface area contributed by atoms with Crippen LogP contribution >= 0.6 is 11.6 Å². The Balaban J connectivity index is 2.72. The fourth-order valence-electron chi connectivity index (χ4n) is 1.68. The number of methoxy groups -OCH3 is 1. The van der Waals surface area contributed by atoms with Crippen LogP contribution in [0.15, 0.2) is 37.1 Å². The summed E-state index contributed by atoms with van der Waals surface area (Å²) in [6.07, 6.45) is 4.24. The summed E-state index contributed by atoms with van der Waals surface area (Å²) in [7, 11) is 1.65. The fourth-order valence-corrected chi connectivity index (χ4v) is 1.91. The Morgan fingerprint density at radius 3 is 3.00 bits per heavy atom. The van der Waals surface area contributed by atoms with E-state index >= 15 is 0 Å². The van der Waals surface area contributed by atoms with Gasteiger partial charge in [-0.15, -0.1) is 6.58 Å². The highest BCUT2D eigenvalue weighted by Crippen LogP contribution is 2.28. The van der Waals surface area contributed by atoms with E-state index < -0.39 is 0 Å². The number of halogens is 1. The highest BCUT2D eigenvalue weighted by atomic mass is 35.5. The molecule has 0 amide bonds. The van der Waals surface area contributed by atoms with Crippen molar-refractivity contribution in [3.05, 3.63) is 47.6 Å². The molecule has 3 heteroatoms. The first-order valence-corrected chi connectivity index (χ1v) is 5.36. The first-order chi connectivity index (χ1) is 7.76. The van der Waals surface area contributed by atoms with Crippen LogP contribution < -0.4 is 4.74 Å². The topological polar surface area (TPSA) is 22.1 Å². The van der Waals surface area contributed by atoms with Gasteiger partial charge in [0.25, 0.3) is 0 Å². The molecule has 0 aliphatic heterocycles. The molecule has 82 valence electrons. The molecule has 16 heavy (non-hydrogen) atoms. The van der Waals surface area contributed by atoms with Crippen LogP contribution in [0.3, 0.4) is 0 Å². The Morgan fingerprint density at radius 2 is 2.31 bits per heavy atom. The molecule has 2 aromatic rings. The van der Waals surface area contributed by atoms with Crippen molar-refractivity contribution in [1.82, 2.24) is 4.98 Å². The van der Waals surface area contributed by atoms with Gasteiger partial charge in [-0.2, -0.15) is 0 Å². The van der Waals surface area contributed by atoms with Crippen LogP contribution in [0.4, 0.5) is 0 Å². The maximum Gasteiger partial charge on any atom is 0.119 e. The second kappa shape index (κ2) is 4.54. The third-order valence-corrected chi connectivity index (χ3v) is 2.81. The highest BCUT2D eigenvalue weighted by Gasteiger charge is 2.07. The predicted octanol–water partition coefficient (Wildman–Crippen LogP) is 3.63. The van der Waals surface area contributed by atoms with Crippen LogP contribution in [0.2, 0.25) is 5.02 Å². The number of rotatable bonds is 3. The van der Waals surface area contributed by atoms with Crippen LogP contribution in [0.5, 0.6) is 5.75 Å². The van der Waals surface area contributed by atoms with Gasteiger partial charge in [-0.25, -0.2) is 0 Å². The van der Waals surface area contributed by atoms with Gasteiger partial charge in [-0.3, -0.25) is 4.98 Å². The average molecular weight is 234 g/mol. The van der Waals surface area contributed by atoms with Crippen molar-refractivity contribution < 1.29 is 4.74 Å². The Bertz CT molecular complexity index is 537. The average Bonchev–Trinajstić information content (AvgIpc) is 2.32. The molecule has 0 aliphatic carbocycles. The minimum Gasteiger partial charge on any atom is -0.497 e. The van der Waals surface area contributed by atoms with E-state index in [1.54, 1.807) is 13.3 Å². The van der Waals surface area contributed by atoms with E-state index in [2.05, 4.69) is 11.6 Å². The second-order valence-electron chi connectivity index (χ2n) is 3.46. The monoisotopic (exact) mass is 233 g/mol. The van der Waals surface area contributed by atoms with E-state index in [9.17, 15) is 0 Å². The van der Waals surface area contributed by atoms with Gasteiger partial charge in [0.05, 0.1) is 17.6 Å². The number of hydrogen-bond donors (Lipinski definition) is 0. The number of nitrogens with zero attached hydrogens (tertiary/aromatic N) is 1. The van der Waals surface area contributed by atoms with Gasteiger partial charge in [0.2, 0.25) is 0 Å². The number of benzene rings is 1. The summed E-state index contributed by atoms with van der Waals surface area (Å²) in [5, 5.41) is 1.69. The zero-order valence-corrected chi connectivity index (χ0v) is 9.79. The molecule has 1 aromatic heterocycles. The van der Waals surface area contributed by atoms with Gasteiger partial charge < -0.3 is 4.74 Å². The Labute approximate surface area is 99.5 Å². The predicted molar refractivity (Wildman–Crippen MR) is 67.2 cm³/mol. The molecule has 0 unspecified atom stereocenters. The highest BCUT2D eigenvalue weighted by molar-refractivity contribution is 6.32. The Morgan fingerprint density at radius 1 is 1.50 bits per heavy atom. The van der Waals surface area contributed by atoms with Crippen molar-refractivity contribution >= 4 is 22.5 Å². The van der Waals surface area contributed by atoms with Crippen LogP contribution in [0.25, 0.3) is 10.9 Å². The molecule has 2 rings (SSSR count). The lowest BCUT2D eigenvalue weighted by atomic mass is 10.1. The summed E-state index contributed by atoms with van der Waals surface area (Å²) in [4.78, 5) is 4.28. The number of hydrogen-bond acceptors (Lipinski definition) is 2. The molecular formula is C13H12ClNO. The minimum absolute atomic E-state index is 0.667. The van der Waals surface area contributed by atoms with Crippen LogP contribution in [-0.2, 0) is 6.42 Å². The summed E-state index contributed by atoms with van der Waals surface area (Å²) >= 11 is 6.13. The van der Waals surface area contributed by atoms with Crippen molar-refractivity contribution in [2.45, 2.75) is 6.42 Å². The maximum absolute atomic E-state index is 6.13. The zero-order chi connectivity index (χ0) is 11.5. The standard InChI is InChI=1S/C13H12ClNO/c1-3-4-10-11-7-9(16-2)5-6-13(11)15-8-12(10)14/h3,5-8H,1,4H2,2H3. The van der Waals surface area contributed by atoms with Gasteiger partial charge in [0.1, 0.15) is 5.75 Å². The molecule has 1 aromatic carbocycles. The SMILES string of the molecule is C=CCc1c(Cl)cnc2ccc(OC)cc12. The molecule has 0 spiro atoms. The number of allylic oxidation sites excluding steroid dienone is 1. The van der Waals surface area contributed by atoms with E-state index in [0.29, 0.717) is 5.02 Å². The van der Waals surface area contributed by atoms with Gasteiger partial charge in [0, 0.05) is 11.6 Å². The van der Waals surface area contributed by atoms with E-state index in [1.165, 1.54) is 0 Å². The number of pyridine rings is 1. The normalized spacial score (nSPS) is 10.4. The lowest BCUT2D eigenvalue weighted by Crippen LogP contribution is -1.91. The fraction of sp³-hybridized carbons (Fsp3) is 0.154. The lowest BCUT2D eigenvalue weighted by Gasteiger charge is -2.08. The van der Waals surface area contributed by atoms with Crippen molar-refractivity contribution in [2.75, 3.05) is 7.11 Å². The number of ether oxygens (including phenoxy) is 1. The smallest absolute Gasteiger partial charge is 0.119 e. The maximum atomic E-state index is 6.13. The third kappa shape index (κ3) is 1.89. The largest absolute Gasteiger partial charge is 0.497 e. The van der Waals surface area contributed by atoms with E-state index in [4.69, 9.17) is 16.3 Å². The van der Waals surface area contributed by atoms with Gasteiger partial charge in [0.15, 0.2) is 0 Å². The van der Waals surface area contributed by atoms with Crippen molar-refractivity contribution in [2.24, 2.45) is 0 Å². The van der Waals surface area contributed by atoms with Gasteiger partial charge in [-0.05, 0) is 30.2 Å². The molecule has 0 radical (unpaired) electrons. The molecule has 0 atom stereocenters. The molecule has 0 saturated heterocycles. The van der Waals surface area contributed by atoms with Crippen molar-refractivity contribution in [3.63, 3.8) is 0 Å². The van der Waals surface area contributed by atoms with E-state index in [1.807, 2.05) is 24.3 Å². The molecule has 0 saturated carbocycles. The van der Waals surface area contributed by atoms with Crippen LogP contribution in [-0.4, -0.2) is 12.1 Å².